The molecular formula is C35H22Cl2N10O10. The van der Waals surface area contributed by atoms with Crippen LogP contribution >= 0.6 is 23.2 Å². The number of nitrogen functional groups attached to an aromatic ring is 1. The molecule has 9 N–H and O–H groups in total. The Morgan fingerprint density at radius 3 is 1.56 bits per heavy atom. The molecule has 20 nitrogen and oxygen atoms in total. The Morgan fingerprint density at radius 2 is 1.11 bits per heavy atom. The Balaban J connectivity index is 1.54. The predicted octanol–water partition coefficient (Wildman–Crippen LogP) is 7.01. The third-order valence-corrected chi connectivity index (χ3v) is 8.26. The van der Waals surface area contributed by atoms with E-state index in [2.05, 4.69) is 40.9 Å². The second-order valence-electron chi connectivity index (χ2n) is 11.5. The monoisotopic (exact) mass is 812 g/mol. The van der Waals surface area contributed by atoms with Gasteiger partial charge in [0.25, 0.3) is 5.95 Å². The fourth-order valence-corrected chi connectivity index (χ4v) is 5.57. The third kappa shape index (κ3) is 8.56. The van der Waals surface area contributed by atoms with E-state index in [1.54, 1.807) is 30.3 Å². The van der Waals surface area contributed by atoms with Gasteiger partial charge in [-0.25, -0.2) is 24.0 Å². The highest BCUT2D eigenvalue weighted by molar-refractivity contribution is 6.38. The Kier molecular flexibility index (Phi) is 10.7. The first-order valence-corrected chi connectivity index (χ1v) is 16.5. The number of nitrogens with zero attached hydrogens (tertiary/aromatic N) is 7. The number of hydrogen-bond donors (Lipinski definition) is 8. The van der Waals surface area contributed by atoms with Crippen LogP contribution in [0.4, 0.5) is 40.5 Å². The summed E-state index contributed by atoms with van der Waals surface area (Å²) in [5.41, 5.74) is 4.94. The van der Waals surface area contributed by atoms with Crippen molar-refractivity contribution in [3.8, 4) is 17.2 Å². The molecule has 0 radical (unpaired) electrons. The summed E-state index contributed by atoms with van der Waals surface area (Å²) in [6.07, 6.45) is 0. The number of aromatic carboxylic acids is 5. The molecule has 2 heterocycles. The lowest BCUT2D eigenvalue weighted by atomic mass is 10.1. The van der Waals surface area contributed by atoms with Crippen molar-refractivity contribution in [2.24, 2.45) is 10.2 Å². The molecule has 22 heteroatoms. The van der Waals surface area contributed by atoms with E-state index in [1.807, 2.05) is 0 Å². The lowest BCUT2D eigenvalue weighted by molar-refractivity contribution is 0.0676. The largest absolute Gasteiger partial charge is 0.478 e. The lowest BCUT2D eigenvalue weighted by Crippen LogP contribution is -2.13. The molecule has 2 aromatic heterocycles. The van der Waals surface area contributed by atoms with Crippen molar-refractivity contribution < 1.29 is 49.5 Å². The van der Waals surface area contributed by atoms with Gasteiger partial charge in [-0.3, -0.25) is 0 Å². The first-order valence-electron chi connectivity index (χ1n) is 15.7. The van der Waals surface area contributed by atoms with E-state index in [0.29, 0.717) is 5.56 Å². The molecule has 0 aliphatic rings. The fraction of sp³-hybridized carbons (Fsp3) is 0. The van der Waals surface area contributed by atoms with E-state index < -0.39 is 52.1 Å². The van der Waals surface area contributed by atoms with Crippen LogP contribution in [0, 0.1) is 0 Å². The molecule has 0 saturated carbocycles. The Morgan fingerprint density at radius 1 is 0.614 bits per heavy atom. The standard InChI is InChI=1S/C35H22Cl2N10O10/c36-22-13-23(37)24(12-21(22)32(56)57)44-45-26-25(14-4-2-1-3-5-14)46-47(27(26)38)35-42-33(39-19-8-15(28(48)49)6-16(9-19)29(50)51)41-34(43-35)40-20-10-17(30(52)53)7-18(11-20)31(54)55/h1-13H,38H2,(H,48,49)(H,50,51)(H,52,53)(H,54,55)(H,56,57)(H2,39,40,41,42,43)/b45-44+. The predicted molar refractivity (Wildman–Crippen MR) is 202 cm³/mol. The van der Waals surface area contributed by atoms with Gasteiger partial charge in [0.1, 0.15) is 11.4 Å². The number of anilines is 5. The Hall–Kier alpha value is -7.97. The van der Waals surface area contributed by atoms with Crippen LogP contribution < -0.4 is 16.4 Å². The highest BCUT2D eigenvalue weighted by Gasteiger charge is 2.23. The quantitative estimate of drug-likeness (QED) is 0.0544. The fourth-order valence-electron chi connectivity index (χ4n) is 5.07. The maximum atomic E-state index is 11.8. The molecule has 0 fully saturated rings. The van der Waals surface area contributed by atoms with Crippen LogP contribution in [0.1, 0.15) is 51.8 Å². The van der Waals surface area contributed by atoms with Crippen molar-refractivity contribution >= 4 is 93.5 Å². The molecule has 0 atom stereocenters. The van der Waals surface area contributed by atoms with Gasteiger partial charge in [-0.15, -0.1) is 10.2 Å². The normalized spacial score (nSPS) is 11.0. The highest BCUT2D eigenvalue weighted by Crippen LogP contribution is 2.39. The zero-order valence-electron chi connectivity index (χ0n) is 28.2. The first kappa shape index (κ1) is 38.7. The van der Waals surface area contributed by atoms with Crippen LogP contribution in [0.25, 0.3) is 17.2 Å². The lowest BCUT2D eigenvalue weighted by Gasteiger charge is -2.12. The summed E-state index contributed by atoms with van der Waals surface area (Å²) in [6.45, 7) is 0. The van der Waals surface area contributed by atoms with Gasteiger partial charge in [-0.05, 0) is 48.5 Å². The SMILES string of the molecule is Nc1c(/N=N/c2cc(C(=O)O)c(Cl)cc2Cl)c(-c2ccccc2)nn1-c1nc(Nc2cc(C(=O)O)cc(C(=O)O)c2)nc(Nc2cc(C(=O)O)cc(C(=O)O)c2)n1. The molecule has 6 rings (SSSR count). The van der Waals surface area contributed by atoms with Crippen molar-refractivity contribution in [2.75, 3.05) is 16.4 Å². The number of halogens is 2. The number of rotatable bonds is 13. The smallest absolute Gasteiger partial charge is 0.337 e. The number of carbonyl (C=O) groups is 5. The summed E-state index contributed by atoms with van der Waals surface area (Å²) in [5, 5.41) is 66.1. The molecule has 0 amide bonds. The zero-order chi connectivity index (χ0) is 41.1. The number of carboxylic acid groups (broad SMARTS) is 5. The van der Waals surface area contributed by atoms with Crippen LogP contribution in [-0.4, -0.2) is 80.1 Å². The molecule has 0 saturated heterocycles. The molecule has 4 aromatic carbocycles. The average Bonchev–Trinajstić information content (AvgIpc) is 3.49. The average molecular weight is 814 g/mol. The number of nitrogens with two attached hydrogens (primary N) is 1. The first-order chi connectivity index (χ1) is 27.1. The van der Waals surface area contributed by atoms with Crippen LogP contribution in [0.3, 0.4) is 0 Å². The van der Waals surface area contributed by atoms with E-state index in [4.69, 9.17) is 28.9 Å². The van der Waals surface area contributed by atoms with E-state index in [9.17, 15) is 49.5 Å². The molecular weight excluding hydrogens is 791 g/mol. The van der Waals surface area contributed by atoms with Crippen LogP contribution in [0.2, 0.25) is 10.0 Å². The molecule has 57 heavy (non-hydrogen) atoms. The molecule has 0 bridgehead atoms. The van der Waals surface area contributed by atoms with E-state index >= 15 is 0 Å². The minimum Gasteiger partial charge on any atom is -0.478 e. The van der Waals surface area contributed by atoms with E-state index in [0.717, 1.165) is 47.1 Å². The van der Waals surface area contributed by atoms with Crippen molar-refractivity contribution in [3.63, 3.8) is 0 Å². The Labute approximate surface area is 327 Å². The number of hydrogen-bond acceptors (Lipinski definition) is 14. The highest BCUT2D eigenvalue weighted by atomic mass is 35.5. The maximum Gasteiger partial charge on any atom is 0.337 e. The minimum atomic E-state index is -1.44. The van der Waals surface area contributed by atoms with Gasteiger partial charge in [0.2, 0.25) is 11.9 Å². The number of carboxylic acids is 5. The third-order valence-electron chi connectivity index (χ3n) is 7.65. The van der Waals surface area contributed by atoms with Crippen molar-refractivity contribution in [3.05, 3.63) is 117 Å². The van der Waals surface area contributed by atoms with E-state index in [-0.39, 0.29) is 67.7 Å². The number of azo groups is 1. The summed E-state index contributed by atoms with van der Waals surface area (Å²) in [7, 11) is 0. The van der Waals surface area contributed by atoms with E-state index in [1.165, 1.54) is 6.07 Å². The summed E-state index contributed by atoms with van der Waals surface area (Å²) in [4.78, 5) is 71.9. The topological polar surface area (TPSA) is 318 Å². The summed E-state index contributed by atoms with van der Waals surface area (Å²) < 4.78 is 1.01. The number of aromatic nitrogens is 5. The van der Waals surface area contributed by atoms with Gasteiger partial charge in [0.15, 0.2) is 11.5 Å². The zero-order valence-corrected chi connectivity index (χ0v) is 29.8. The molecule has 6 aromatic rings. The molecule has 0 unspecified atom stereocenters. The van der Waals surface area contributed by atoms with Crippen LogP contribution in [0.5, 0.6) is 0 Å². The van der Waals surface area contributed by atoms with Gasteiger partial charge in [-0.2, -0.15) is 24.7 Å². The maximum absolute atomic E-state index is 11.8. The van der Waals surface area contributed by atoms with Crippen LogP contribution in [0.15, 0.2) is 89.1 Å². The number of benzene rings is 4. The second-order valence-corrected chi connectivity index (χ2v) is 12.3. The Bertz CT molecular complexity index is 2530. The van der Waals surface area contributed by atoms with Crippen molar-refractivity contribution in [1.29, 1.82) is 0 Å². The van der Waals surface area contributed by atoms with Gasteiger partial charge < -0.3 is 41.9 Å². The minimum absolute atomic E-state index is 0.0408. The van der Waals surface area contributed by atoms with Gasteiger partial charge >= 0.3 is 29.8 Å². The molecule has 0 aliphatic heterocycles. The van der Waals surface area contributed by atoms with Gasteiger partial charge in [-0.1, -0.05) is 53.5 Å². The summed E-state index contributed by atoms with van der Waals surface area (Å²) in [5.74, 6) is -8.42. The molecule has 0 spiro atoms. The van der Waals surface area contributed by atoms with Crippen molar-refractivity contribution in [2.45, 2.75) is 0 Å². The van der Waals surface area contributed by atoms with Gasteiger partial charge in [0.05, 0.1) is 37.9 Å². The number of nitrogens with one attached hydrogen (secondary N) is 2. The van der Waals surface area contributed by atoms with Gasteiger partial charge in [0, 0.05) is 16.9 Å². The molecule has 0 aliphatic carbocycles. The van der Waals surface area contributed by atoms with Crippen LogP contribution in [-0.2, 0) is 0 Å². The summed E-state index contributed by atoms with van der Waals surface area (Å²) >= 11 is 12.3. The van der Waals surface area contributed by atoms with Crippen molar-refractivity contribution in [1.82, 2.24) is 24.7 Å². The summed E-state index contributed by atoms with van der Waals surface area (Å²) in [6, 6.07) is 17.0. The molecule has 286 valence electrons. The second kappa shape index (κ2) is 15.8.